The van der Waals surface area contributed by atoms with Crippen LogP contribution in [0.25, 0.3) is 0 Å². The molecular weight excluding hydrogens is 268 g/mol. The van der Waals surface area contributed by atoms with E-state index in [9.17, 15) is 9.90 Å². The van der Waals surface area contributed by atoms with Gasteiger partial charge in [-0.2, -0.15) is 0 Å². The summed E-state index contributed by atoms with van der Waals surface area (Å²) < 4.78 is 5.47. The van der Waals surface area contributed by atoms with Crippen molar-refractivity contribution >= 4 is 11.6 Å². The van der Waals surface area contributed by atoms with Crippen LogP contribution in [0.3, 0.4) is 0 Å². The van der Waals surface area contributed by atoms with Crippen LogP contribution in [0, 0.1) is 0 Å². The molecule has 5 nitrogen and oxygen atoms in total. The molecule has 4 N–H and O–H groups in total. The Bertz CT molecular complexity index is 624. The normalized spacial score (nSPS) is 10.2. The second-order valence-corrected chi connectivity index (χ2v) is 4.46. The molecule has 0 radical (unpaired) electrons. The van der Waals surface area contributed by atoms with E-state index >= 15 is 0 Å². The first-order chi connectivity index (χ1) is 10.1. The minimum absolute atomic E-state index is 0.123. The molecule has 2 aromatic carbocycles. The fraction of sp³-hybridized carbons (Fsp3) is 0.188. The van der Waals surface area contributed by atoms with Crippen molar-refractivity contribution in [3.63, 3.8) is 0 Å². The summed E-state index contributed by atoms with van der Waals surface area (Å²) in [5.74, 6) is 0.600. The first-order valence-corrected chi connectivity index (χ1v) is 6.70. The van der Waals surface area contributed by atoms with Crippen LogP contribution in [-0.4, -0.2) is 17.6 Å². The molecule has 0 spiro atoms. The summed E-state index contributed by atoms with van der Waals surface area (Å²) in [5, 5.41) is 12.0. The van der Waals surface area contributed by atoms with E-state index in [0.29, 0.717) is 24.4 Å². The predicted octanol–water partition coefficient (Wildman–Crippen LogP) is 2.50. The lowest BCUT2D eigenvalue weighted by Gasteiger charge is -2.11. The highest BCUT2D eigenvalue weighted by molar-refractivity contribution is 6.04. The van der Waals surface area contributed by atoms with Gasteiger partial charge in [0.15, 0.2) is 0 Å². The van der Waals surface area contributed by atoms with Crippen LogP contribution in [0.5, 0.6) is 11.5 Å². The van der Waals surface area contributed by atoms with Crippen molar-refractivity contribution in [2.75, 3.05) is 11.9 Å². The van der Waals surface area contributed by atoms with Gasteiger partial charge < -0.3 is 20.9 Å². The average Bonchev–Trinajstić information content (AvgIpc) is 2.49. The second-order valence-electron chi connectivity index (χ2n) is 4.46. The summed E-state index contributed by atoms with van der Waals surface area (Å²) in [7, 11) is 0. The highest BCUT2D eigenvalue weighted by Gasteiger charge is 2.08. The number of phenols is 1. The van der Waals surface area contributed by atoms with E-state index in [2.05, 4.69) is 5.32 Å². The van der Waals surface area contributed by atoms with Crippen molar-refractivity contribution in [1.29, 1.82) is 0 Å². The summed E-state index contributed by atoms with van der Waals surface area (Å²) in [4.78, 5) is 12.1. The molecule has 0 fully saturated rings. The molecule has 0 saturated carbocycles. The number of amides is 1. The summed E-state index contributed by atoms with van der Waals surface area (Å²) in [6.07, 6.45) is 0. The quantitative estimate of drug-likeness (QED) is 0.788. The van der Waals surface area contributed by atoms with E-state index in [0.717, 1.165) is 11.3 Å². The maximum atomic E-state index is 12.1. The van der Waals surface area contributed by atoms with E-state index in [1.54, 1.807) is 30.3 Å². The van der Waals surface area contributed by atoms with Gasteiger partial charge >= 0.3 is 0 Å². The Hall–Kier alpha value is -2.53. The predicted molar refractivity (Wildman–Crippen MR) is 81.6 cm³/mol. The van der Waals surface area contributed by atoms with Gasteiger partial charge in [-0.15, -0.1) is 0 Å². The number of rotatable bonds is 5. The van der Waals surface area contributed by atoms with Crippen LogP contribution in [-0.2, 0) is 6.54 Å². The molecule has 0 bridgehead atoms. The Kier molecular flexibility index (Phi) is 4.79. The summed E-state index contributed by atoms with van der Waals surface area (Å²) in [5.41, 5.74) is 7.64. The molecule has 21 heavy (non-hydrogen) atoms. The lowest BCUT2D eigenvalue weighted by Crippen LogP contribution is -2.12. The number of hydrogen-bond acceptors (Lipinski definition) is 4. The molecule has 0 aliphatic heterocycles. The number of anilines is 1. The smallest absolute Gasteiger partial charge is 0.255 e. The number of aromatic hydroxyl groups is 1. The third kappa shape index (κ3) is 3.73. The van der Waals surface area contributed by atoms with Gasteiger partial charge in [-0.3, -0.25) is 4.79 Å². The largest absolute Gasteiger partial charge is 0.508 e. The van der Waals surface area contributed by atoms with Crippen molar-refractivity contribution in [2.24, 2.45) is 5.73 Å². The van der Waals surface area contributed by atoms with Crippen molar-refractivity contribution in [3.05, 3.63) is 53.6 Å². The average molecular weight is 286 g/mol. The van der Waals surface area contributed by atoms with Gasteiger partial charge in [0.2, 0.25) is 0 Å². The van der Waals surface area contributed by atoms with E-state index in [1.165, 1.54) is 12.1 Å². The molecule has 0 atom stereocenters. The Morgan fingerprint density at radius 3 is 2.57 bits per heavy atom. The fourth-order valence-electron chi connectivity index (χ4n) is 1.93. The van der Waals surface area contributed by atoms with Crippen LogP contribution in [0.4, 0.5) is 5.69 Å². The monoisotopic (exact) mass is 286 g/mol. The van der Waals surface area contributed by atoms with Crippen LogP contribution in [0.2, 0.25) is 0 Å². The van der Waals surface area contributed by atoms with Crippen molar-refractivity contribution in [3.8, 4) is 11.5 Å². The Balaban J connectivity index is 2.15. The highest BCUT2D eigenvalue weighted by Crippen LogP contribution is 2.23. The van der Waals surface area contributed by atoms with E-state index < -0.39 is 0 Å². The van der Waals surface area contributed by atoms with Gasteiger partial charge in [0, 0.05) is 23.4 Å². The number of benzene rings is 2. The van der Waals surface area contributed by atoms with E-state index in [1.807, 2.05) is 6.92 Å². The number of carbonyl (C=O) groups excluding carboxylic acids is 1. The molecule has 2 rings (SSSR count). The Morgan fingerprint density at radius 1 is 1.24 bits per heavy atom. The van der Waals surface area contributed by atoms with E-state index in [4.69, 9.17) is 10.5 Å². The third-order valence-corrected chi connectivity index (χ3v) is 2.97. The Labute approximate surface area is 123 Å². The first kappa shape index (κ1) is 14.9. The number of ether oxygens (including phenoxy) is 1. The molecule has 0 aliphatic carbocycles. The minimum atomic E-state index is -0.248. The number of nitrogens with one attached hydrogen (secondary N) is 1. The summed E-state index contributed by atoms with van der Waals surface area (Å²) in [6.45, 7) is 2.80. The van der Waals surface area contributed by atoms with Crippen molar-refractivity contribution in [1.82, 2.24) is 0 Å². The molecule has 0 saturated heterocycles. The minimum Gasteiger partial charge on any atom is -0.508 e. The Morgan fingerprint density at radius 2 is 1.95 bits per heavy atom. The van der Waals surface area contributed by atoms with Gasteiger partial charge in [0.1, 0.15) is 11.5 Å². The van der Waals surface area contributed by atoms with Gasteiger partial charge in [0.25, 0.3) is 5.91 Å². The zero-order valence-electron chi connectivity index (χ0n) is 11.8. The number of carbonyl (C=O) groups is 1. The van der Waals surface area contributed by atoms with Gasteiger partial charge in [-0.1, -0.05) is 0 Å². The topological polar surface area (TPSA) is 84.6 Å². The number of nitrogens with two attached hydrogens (primary N) is 1. The molecule has 5 heteroatoms. The van der Waals surface area contributed by atoms with Crippen molar-refractivity contribution in [2.45, 2.75) is 13.5 Å². The maximum absolute atomic E-state index is 12.1. The lowest BCUT2D eigenvalue weighted by atomic mass is 10.1. The van der Waals surface area contributed by atoms with Crippen LogP contribution >= 0.6 is 0 Å². The van der Waals surface area contributed by atoms with Gasteiger partial charge in [0.05, 0.1) is 6.61 Å². The molecule has 0 aromatic heterocycles. The highest BCUT2D eigenvalue weighted by atomic mass is 16.5. The van der Waals surface area contributed by atoms with E-state index in [-0.39, 0.29) is 11.7 Å². The molecule has 110 valence electrons. The maximum Gasteiger partial charge on any atom is 0.255 e. The van der Waals surface area contributed by atoms with Crippen molar-refractivity contribution < 1.29 is 14.6 Å². The fourth-order valence-corrected chi connectivity index (χ4v) is 1.93. The number of hydrogen-bond donors (Lipinski definition) is 3. The molecular formula is C16H18N2O3. The van der Waals surface area contributed by atoms with Crippen LogP contribution in [0.15, 0.2) is 42.5 Å². The van der Waals surface area contributed by atoms with Gasteiger partial charge in [-0.25, -0.2) is 0 Å². The summed E-state index contributed by atoms with van der Waals surface area (Å²) in [6, 6.07) is 11.4. The van der Waals surface area contributed by atoms with Crippen LogP contribution in [0.1, 0.15) is 22.8 Å². The third-order valence-electron chi connectivity index (χ3n) is 2.97. The standard InChI is InChI=1S/C16H18N2O3/c1-2-21-15-8-5-13(9-12(15)10-17)18-16(20)11-3-6-14(19)7-4-11/h3-9,19H,2,10,17H2,1H3,(H,18,20). The van der Waals surface area contributed by atoms with Crippen LogP contribution < -0.4 is 15.8 Å². The second kappa shape index (κ2) is 6.76. The molecule has 0 heterocycles. The molecule has 0 aliphatic rings. The first-order valence-electron chi connectivity index (χ1n) is 6.70. The molecule has 0 unspecified atom stereocenters. The van der Waals surface area contributed by atoms with Gasteiger partial charge in [-0.05, 0) is 49.4 Å². The molecule has 1 amide bonds. The summed E-state index contributed by atoms with van der Waals surface area (Å²) >= 11 is 0. The zero-order valence-corrected chi connectivity index (χ0v) is 11.8. The molecule has 2 aromatic rings. The zero-order chi connectivity index (χ0) is 15.2. The number of phenolic OH excluding ortho intramolecular Hbond substituents is 1. The lowest BCUT2D eigenvalue weighted by molar-refractivity contribution is 0.102. The SMILES string of the molecule is CCOc1ccc(NC(=O)c2ccc(O)cc2)cc1CN.